The van der Waals surface area contributed by atoms with Gasteiger partial charge < -0.3 is 10.1 Å². The third-order valence-corrected chi connectivity index (χ3v) is 3.72. The van der Waals surface area contributed by atoms with Crippen molar-refractivity contribution in [3.05, 3.63) is 54.1 Å². The smallest absolute Gasteiger partial charge is 0.268 e. The van der Waals surface area contributed by atoms with Crippen LogP contribution in [0.4, 0.5) is 11.4 Å². The van der Waals surface area contributed by atoms with Crippen LogP contribution in [-0.2, 0) is 9.59 Å². The van der Waals surface area contributed by atoms with Crippen molar-refractivity contribution >= 4 is 23.2 Å². The SMILES string of the molecule is Cc1ccc(O[C@H](C)C(=O)N2CC(=O)Nc3ccccc32)cc1. The third-order valence-electron chi connectivity index (χ3n) is 3.72. The minimum atomic E-state index is -0.684. The van der Waals surface area contributed by atoms with Crippen LogP contribution in [0.2, 0.25) is 0 Å². The molecule has 0 saturated heterocycles. The maximum atomic E-state index is 12.7. The van der Waals surface area contributed by atoms with Crippen LogP contribution in [0.1, 0.15) is 12.5 Å². The standard InChI is InChI=1S/C18H18N2O3/c1-12-7-9-14(10-8-12)23-13(2)18(22)20-11-17(21)19-15-5-3-4-6-16(15)20/h3-10,13H,11H2,1-2H3,(H,19,21)/t13-/m1/s1. The van der Waals surface area contributed by atoms with E-state index in [0.717, 1.165) is 5.56 Å². The predicted molar refractivity (Wildman–Crippen MR) is 88.7 cm³/mol. The molecule has 0 aromatic heterocycles. The summed E-state index contributed by atoms with van der Waals surface area (Å²) >= 11 is 0. The van der Waals surface area contributed by atoms with Crippen LogP contribution in [0.25, 0.3) is 0 Å². The second kappa shape index (κ2) is 6.12. The topological polar surface area (TPSA) is 58.6 Å². The molecule has 0 fully saturated rings. The summed E-state index contributed by atoms with van der Waals surface area (Å²) in [4.78, 5) is 26.0. The number of nitrogens with zero attached hydrogens (tertiary/aromatic N) is 1. The summed E-state index contributed by atoms with van der Waals surface area (Å²) in [5.74, 6) is 0.179. The van der Waals surface area contributed by atoms with Gasteiger partial charge >= 0.3 is 0 Å². The summed E-state index contributed by atoms with van der Waals surface area (Å²) in [7, 11) is 0. The maximum Gasteiger partial charge on any atom is 0.268 e. The lowest BCUT2D eigenvalue weighted by atomic mass is 10.1. The first-order valence-electron chi connectivity index (χ1n) is 7.48. The summed E-state index contributed by atoms with van der Waals surface area (Å²) in [5, 5.41) is 2.77. The molecule has 2 aromatic rings. The van der Waals surface area contributed by atoms with E-state index in [1.807, 2.05) is 49.4 Å². The van der Waals surface area contributed by atoms with Gasteiger partial charge in [-0.25, -0.2) is 0 Å². The van der Waals surface area contributed by atoms with Crippen LogP contribution < -0.4 is 15.0 Å². The van der Waals surface area contributed by atoms with Crippen molar-refractivity contribution < 1.29 is 14.3 Å². The number of nitrogens with one attached hydrogen (secondary N) is 1. The molecule has 0 radical (unpaired) electrons. The molecule has 5 heteroatoms. The zero-order valence-corrected chi connectivity index (χ0v) is 13.1. The van der Waals surface area contributed by atoms with E-state index < -0.39 is 6.10 Å². The molecular weight excluding hydrogens is 292 g/mol. The first kappa shape index (κ1) is 15.1. The summed E-state index contributed by atoms with van der Waals surface area (Å²) in [6, 6.07) is 14.8. The molecule has 0 unspecified atom stereocenters. The number of aryl methyl sites for hydroxylation is 1. The highest BCUT2D eigenvalue weighted by Gasteiger charge is 2.30. The van der Waals surface area contributed by atoms with Crippen molar-refractivity contribution in [3.63, 3.8) is 0 Å². The number of fused-ring (bicyclic) bond motifs is 1. The number of anilines is 2. The number of amides is 2. The van der Waals surface area contributed by atoms with E-state index in [-0.39, 0.29) is 18.4 Å². The van der Waals surface area contributed by atoms with Gasteiger partial charge in [0.2, 0.25) is 5.91 Å². The molecule has 0 aliphatic carbocycles. The minimum absolute atomic E-state index is 0.00254. The van der Waals surface area contributed by atoms with Crippen molar-refractivity contribution in [2.75, 3.05) is 16.8 Å². The molecule has 118 valence electrons. The average Bonchev–Trinajstić information content (AvgIpc) is 2.55. The first-order chi connectivity index (χ1) is 11.0. The van der Waals surface area contributed by atoms with Gasteiger partial charge in [-0.2, -0.15) is 0 Å². The molecule has 1 aliphatic heterocycles. The van der Waals surface area contributed by atoms with Crippen molar-refractivity contribution in [1.82, 2.24) is 0 Å². The number of benzene rings is 2. The number of rotatable bonds is 3. The second-order valence-electron chi connectivity index (χ2n) is 5.56. The number of para-hydroxylation sites is 2. The van der Waals surface area contributed by atoms with E-state index in [0.29, 0.717) is 17.1 Å². The van der Waals surface area contributed by atoms with Gasteiger partial charge in [0, 0.05) is 0 Å². The van der Waals surface area contributed by atoms with Gasteiger partial charge in [-0.15, -0.1) is 0 Å². The van der Waals surface area contributed by atoms with Crippen molar-refractivity contribution in [1.29, 1.82) is 0 Å². The lowest BCUT2D eigenvalue weighted by Crippen LogP contribution is -2.47. The highest BCUT2D eigenvalue weighted by molar-refractivity contribution is 6.10. The number of hydrogen-bond donors (Lipinski definition) is 1. The molecule has 23 heavy (non-hydrogen) atoms. The predicted octanol–water partition coefficient (Wildman–Crippen LogP) is 2.75. The molecule has 1 atom stereocenters. The largest absolute Gasteiger partial charge is 0.481 e. The highest BCUT2D eigenvalue weighted by atomic mass is 16.5. The molecule has 2 aromatic carbocycles. The fourth-order valence-electron chi connectivity index (χ4n) is 2.52. The van der Waals surface area contributed by atoms with Gasteiger partial charge in [-0.3, -0.25) is 14.5 Å². The Bertz CT molecular complexity index is 740. The molecule has 0 bridgehead atoms. The zero-order valence-electron chi connectivity index (χ0n) is 13.1. The zero-order chi connectivity index (χ0) is 16.4. The van der Waals surface area contributed by atoms with Gasteiger partial charge in [0.05, 0.1) is 11.4 Å². The van der Waals surface area contributed by atoms with Crippen molar-refractivity contribution in [3.8, 4) is 5.75 Å². The fourth-order valence-corrected chi connectivity index (χ4v) is 2.52. The summed E-state index contributed by atoms with van der Waals surface area (Å²) < 4.78 is 5.71. The second-order valence-corrected chi connectivity index (χ2v) is 5.56. The summed E-state index contributed by atoms with van der Waals surface area (Å²) in [6.45, 7) is 3.68. The van der Waals surface area contributed by atoms with Crippen molar-refractivity contribution in [2.45, 2.75) is 20.0 Å². The lowest BCUT2D eigenvalue weighted by molar-refractivity contribution is -0.126. The van der Waals surface area contributed by atoms with Crippen LogP contribution in [0, 0.1) is 6.92 Å². The number of hydrogen-bond acceptors (Lipinski definition) is 3. The Labute approximate surface area is 134 Å². The summed E-state index contributed by atoms with van der Waals surface area (Å²) in [6.07, 6.45) is -0.684. The molecule has 1 aliphatic rings. The Morgan fingerprint density at radius 2 is 1.87 bits per heavy atom. The molecular formula is C18H18N2O3. The van der Waals surface area contributed by atoms with E-state index in [1.54, 1.807) is 13.0 Å². The Hall–Kier alpha value is -2.82. The molecule has 0 saturated carbocycles. The fraction of sp³-hybridized carbons (Fsp3) is 0.222. The van der Waals surface area contributed by atoms with Gasteiger partial charge in [0.1, 0.15) is 12.3 Å². The summed E-state index contributed by atoms with van der Waals surface area (Å²) in [5.41, 5.74) is 2.45. The lowest BCUT2D eigenvalue weighted by Gasteiger charge is -2.31. The Balaban J connectivity index is 1.79. The van der Waals surface area contributed by atoms with Crippen LogP contribution in [0.15, 0.2) is 48.5 Å². The molecule has 1 heterocycles. The molecule has 1 N–H and O–H groups in total. The van der Waals surface area contributed by atoms with Crippen LogP contribution in [0.3, 0.4) is 0 Å². The van der Waals surface area contributed by atoms with Crippen LogP contribution >= 0.6 is 0 Å². The van der Waals surface area contributed by atoms with E-state index >= 15 is 0 Å². The van der Waals surface area contributed by atoms with Crippen molar-refractivity contribution in [2.24, 2.45) is 0 Å². The highest BCUT2D eigenvalue weighted by Crippen LogP contribution is 2.29. The quantitative estimate of drug-likeness (QED) is 0.948. The van der Waals surface area contributed by atoms with Crippen LogP contribution in [-0.4, -0.2) is 24.5 Å². The van der Waals surface area contributed by atoms with E-state index in [9.17, 15) is 9.59 Å². The molecule has 5 nitrogen and oxygen atoms in total. The first-order valence-corrected chi connectivity index (χ1v) is 7.48. The Morgan fingerprint density at radius 3 is 2.61 bits per heavy atom. The molecule has 2 amide bonds. The van der Waals surface area contributed by atoms with Gasteiger partial charge in [0.25, 0.3) is 5.91 Å². The van der Waals surface area contributed by atoms with Gasteiger partial charge in [-0.05, 0) is 38.1 Å². The number of ether oxygens (including phenoxy) is 1. The Kier molecular flexibility index (Phi) is 4.02. The van der Waals surface area contributed by atoms with Gasteiger partial charge in [-0.1, -0.05) is 29.8 Å². The van der Waals surface area contributed by atoms with E-state index in [4.69, 9.17) is 4.74 Å². The normalized spacial score (nSPS) is 14.7. The third kappa shape index (κ3) is 3.18. The number of carbonyl (C=O) groups is 2. The van der Waals surface area contributed by atoms with Crippen LogP contribution in [0.5, 0.6) is 5.75 Å². The Morgan fingerprint density at radius 1 is 1.17 bits per heavy atom. The van der Waals surface area contributed by atoms with E-state index in [2.05, 4.69) is 5.32 Å². The van der Waals surface area contributed by atoms with Gasteiger partial charge in [0.15, 0.2) is 6.10 Å². The maximum absolute atomic E-state index is 12.7. The van der Waals surface area contributed by atoms with E-state index in [1.165, 1.54) is 4.90 Å². The average molecular weight is 310 g/mol. The number of carbonyl (C=O) groups excluding carboxylic acids is 2. The monoisotopic (exact) mass is 310 g/mol. The molecule has 0 spiro atoms. The minimum Gasteiger partial charge on any atom is -0.481 e. The molecule has 3 rings (SSSR count).